The normalized spacial score (nSPS) is 12.4. The second-order valence-corrected chi connectivity index (χ2v) is 7.80. The van der Waals surface area contributed by atoms with E-state index in [-0.39, 0.29) is 0 Å². The van der Waals surface area contributed by atoms with Crippen LogP contribution in [0.2, 0.25) is 0 Å². The Balaban J connectivity index is 2.13. The highest BCUT2D eigenvalue weighted by Gasteiger charge is 2.29. The van der Waals surface area contributed by atoms with Crippen LogP contribution in [0.5, 0.6) is 11.5 Å². The minimum absolute atomic E-state index is 0.352. The SMILES string of the molecule is COc1ccc(/C=N\NC(=O)[C@@H](C)N(c2ccc(OC)cc2)S(C)(=O)=O)cc1. The Hall–Kier alpha value is -3.07. The molecular weight excluding hydrogens is 382 g/mol. The van der Waals surface area contributed by atoms with Gasteiger partial charge >= 0.3 is 0 Å². The zero-order valence-electron chi connectivity index (χ0n) is 16.1. The molecule has 2 aromatic rings. The first-order valence-corrected chi connectivity index (χ1v) is 10.2. The number of hydrogen-bond donors (Lipinski definition) is 1. The molecule has 8 nitrogen and oxygen atoms in total. The monoisotopic (exact) mass is 405 g/mol. The first-order valence-electron chi connectivity index (χ1n) is 8.36. The highest BCUT2D eigenvalue weighted by atomic mass is 32.2. The maximum atomic E-state index is 12.4. The van der Waals surface area contributed by atoms with Crippen LogP contribution < -0.4 is 19.2 Å². The van der Waals surface area contributed by atoms with E-state index < -0.39 is 22.0 Å². The highest BCUT2D eigenvalue weighted by molar-refractivity contribution is 7.92. The number of carbonyl (C=O) groups is 1. The Morgan fingerprint density at radius 2 is 1.54 bits per heavy atom. The van der Waals surface area contributed by atoms with Gasteiger partial charge in [0.05, 0.1) is 32.4 Å². The van der Waals surface area contributed by atoms with Crippen molar-refractivity contribution in [2.24, 2.45) is 5.10 Å². The Labute approximate surface area is 164 Å². The molecule has 150 valence electrons. The average molecular weight is 405 g/mol. The van der Waals surface area contributed by atoms with Crippen molar-refractivity contribution in [3.8, 4) is 11.5 Å². The molecule has 0 saturated heterocycles. The summed E-state index contributed by atoms with van der Waals surface area (Å²) in [6.07, 6.45) is 2.50. The molecule has 0 heterocycles. The predicted molar refractivity (Wildman–Crippen MR) is 109 cm³/mol. The summed E-state index contributed by atoms with van der Waals surface area (Å²) in [4.78, 5) is 12.4. The van der Waals surface area contributed by atoms with Gasteiger partial charge in [0.1, 0.15) is 17.5 Å². The number of ether oxygens (including phenoxy) is 2. The summed E-state index contributed by atoms with van der Waals surface area (Å²) in [7, 11) is -0.616. The van der Waals surface area contributed by atoms with Crippen molar-refractivity contribution in [2.75, 3.05) is 24.8 Å². The summed E-state index contributed by atoms with van der Waals surface area (Å²) in [5.74, 6) is 0.725. The fourth-order valence-electron chi connectivity index (χ4n) is 2.49. The van der Waals surface area contributed by atoms with Crippen molar-refractivity contribution in [3.05, 3.63) is 54.1 Å². The van der Waals surface area contributed by atoms with Gasteiger partial charge in [0.2, 0.25) is 10.0 Å². The lowest BCUT2D eigenvalue weighted by Crippen LogP contribution is -2.46. The van der Waals surface area contributed by atoms with Crippen LogP contribution in [0.3, 0.4) is 0 Å². The van der Waals surface area contributed by atoms with Gasteiger partial charge in [-0.3, -0.25) is 9.10 Å². The average Bonchev–Trinajstić information content (AvgIpc) is 2.68. The highest BCUT2D eigenvalue weighted by Crippen LogP contribution is 2.23. The Kier molecular flexibility index (Phi) is 7.00. The maximum Gasteiger partial charge on any atom is 0.263 e. The zero-order chi connectivity index (χ0) is 20.7. The van der Waals surface area contributed by atoms with Crippen LogP contribution in [0.1, 0.15) is 12.5 Å². The molecule has 0 radical (unpaired) electrons. The maximum absolute atomic E-state index is 12.4. The summed E-state index contributed by atoms with van der Waals surface area (Å²) < 4.78 is 35.7. The minimum atomic E-state index is -3.70. The van der Waals surface area contributed by atoms with Crippen LogP contribution in [-0.2, 0) is 14.8 Å². The lowest BCUT2D eigenvalue weighted by molar-refractivity contribution is -0.121. The van der Waals surface area contributed by atoms with Crippen molar-refractivity contribution >= 4 is 27.8 Å². The summed E-state index contributed by atoms with van der Waals surface area (Å²) in [5, 5.41) is 3.90. The summed E-state index contributed by atoms with van der Waals surface area (Å²) in [6, 6.07) is 12.5. The van der Waals surface area contributed by atoms with E-state index in [4.69, 9.17) is 9.47 Å². The number of benzene rings is 2. The second-order valence-electron chi connectivity index (χ2n) is 5.94. The third-order valence-electron chi connectivity index (χ3n) is 3.92. The lowest BCUT2D eigenvalue weighted by Gasteiger charge is -2.27. The topological polar surface area (TPSA) is 97.3 Å². The van der Waals surface area contributed by atoms with Gasteiger partial charge in [-0.15, -0.1) is 0 Å². The van der Waals surface area contributed by atoms with E-state index in [1.165, 1.54) is 20.2 Å². The van der Waals surface area contributed by atoms with E-state index in [1.54, 1.807) is 55.6 Å². The van der Waals surface area contributed by atoms with Gasteiger partial charge in [0.15, 0.2) is 0 Å². The van der Waals surface area contributed by atoms with Crippen LogP contribution in [-0.4, -0.2) is 47.1 Å². The molecule has 0 spiro atoms. The van der Waals surface area contributed by atoms with Crippen molar-refractivity contribution in [3.63, 3.8) is 0 Å². The second kappa shape index (κ2) is 9.23. The van der Waals surface area contributed by atoms with Gasteiger partial charge in [-0.1, -0.05) is 0 Å². The number of anilines is 1. The minimum Gasteiger partial charge on any atom is -0.497 e. The zero-order valence-corrected chi connectivity index (χ0v) is 16.9. The molecule has 9 heteroatoms. The number of carbonyl (C=O) groups excluding carboxylic acids is 1. The first kappa shape index (κ1) is 21.2. The molecule has 0 aromatic heterocycles. The van der Waals surface area contributed by atoms with E-state index in [0.717, 1.165) is 16.1 Å². The molecule has 0 bridgehead atoms. The number of hydrazone groups is 1. The van der Waals surface area contributed by atoms with Crippen molar-refractivity contribution in [1.29, 1.82) is 0 Å². The van der Waals surface area contributed by atoms with Gasteiger partial charge in [0, 0.05) is 0 Å². The van der Waals surface area contributed by atoms with Gasteiger partial charge in [0.25, 0.3) is 5.91 Å². The Morgan fingerprint density at radius 3 is 2.00 bits per heavy atom. The number of rotatable bonds is 8. The summed E-state index contributed by atoms with van der Waals surface area (Å²) in [5.41, 5.74) is 3.48. The molecule has 2 aromatic carbocycles. The molecule has 1 atom stereocenters. The summed E-state index contributed by atoms with van der Waals surface area (Å²) >= 11 is 0. The van der Waals surface area contributed by atoms with Crippen LogP contribution in [0, 0.1) is 0 Å². The molecule has 1 amide bonds. The molecule has 0 unspecified atom stereocenters. The van der Waals surface area contributed by atoms with Gasteiger partial charge in [-0.25, -0.2) is 13.8 Å². The molecular formula is C19H23N3O5S. The molecule has 0 aliphatic rings. The molecule has 1 N–H and O–H groups in total. The standard InChI is InChI=1S/C19H23N3O5S/c1-14(19(23)21-20-13-15-5-9-17(26-2)10-6-15)22(28(4,24)25)16-7-11-18(27-3)12-8-16/h5-14H,1-4H3,(H,21,23)/b20-13-/t14-/m1/s1. The van der Waals surface area contributed by atoms with Gasteiger partial charge < -0.3 is 9.47 Å². The lowest BCUT2D eigenvalue weighted by atomic mass is 10.2. The third kappa shape index (κ3) is 5.46. The molecule has 0 saturated carbocycles. The number of nitrogens with zero attached hydrogens (tertiary/aromatic N) is 2. The number of methoxy groups -OCH3 is 2. The van der Waals surface area contributed by atoms with Crippen molar-refractivity contribution in [2.45, 2.75) is 13.0 Å². The smallest absolute Gasteiger partial charge is 0.263 e. The molecule has 2 rings (SSSR count). The van der Waals surface area contributed by atoms with Crippen molar-refractivity contribution in [1.82, 2.24) is 5.43 Å². The molecule has 28 heavy (non-hydrogen) atoms. The van der Waals surface area contributed by atoms with Gasteiger partial charge in [-0.2, -0.15) is 5.10 Å². The van der Waals surface area contributed by atoms with Crippen LogP contribution in [0.15, 0.2) is 53.6 Å². The fourth-order valence-corrected chi connectivity index (χ4v) is 3.67. The fraction of sp³-hybridized carbons (Fsp3) is 0.263. The predicted octanol–water partition coefficient (Wildman–Crippen LogP) is 2.01. The molecule has 0 fully saturated rings. The number of sulfonamides is 1. The largest absolute Gasteiger partial charge is 0.497 e. The number of amides is 1. The van der Waals surface area contributed by atoms with E-state index in [9.17, 15) is 13.2 Å². The Morgan fingerprint density at radius 1 is 1.04 bits per heavy atom. The Bertz CT molecular complexity index is 925. The summed E-state index contributed by atoms with van der Waals surface area (Å²) in [6.45, 7) is 1.49. The van der Waals surface area contributed by atoms with Gasteiger partial charge in [-0.05, 0) is 61.0 Å². The van der Waals surface area contributed by atoms with Crippen LogP contribution in [0.4, 0.5) is 5.69 Å². The number of hydrogen-bond acceptors (Lipinski definition) is 6. The van der Waals surface area contributed by atoms with E-state index in [2.05, 4.69) is 10.5 Å². The van der Waals surface area contributed by atoms with Crippen molar-refractivity contribution < 1.29 is 22.7 Å². The van der Waals surface area contributed by atoms with Crippen LogP contribution in [0.25, 0.3) is 0 Å². The molecule has 0 aliphatic heterocycles. The quantitative estimate of drug-likeness (QED) is 0.535. The van der Waals surface area contributed by atoms with E-state index >= 15 is 0 Å². The molecule has 0 aliphatic carbocycles. The van der Waals surface area contributed by atoms with E-state index in [0.29, 0.717) is 17.2 Å². The van der Waals surface area contributed by atoms with Crippen LogP contribution >= 0.6 is 0 Å². The first-order chi connectivity index (χ1) is 13.3. The third-order valence-corrected chi connectivity index (χ3v) is 5.16. The van der Waals surface area contributed by atoms with E-state index in [1.807, 2.05) is 0 Å². The number of nitrogens with one attached hydrogen (secondary N) is 1.